The van der Waals surface area contributed by atoms with Gasteiger partial charge in [-0.25, -0.2) is 0 Å². The zero-order chi connectivity index (χ0) is 27.9. The van der Waals surface area contributed by atoms with Crippen molar-refractivity contribution >= 4 is 5.78 Å². The van der Waals surface area contributed by atoms with Gasteiger partial charge in [0, 0.05) is 18.4 Å². The second-order valence-electron chi connectivity index (χ2n) is 9.06. The van der Waals surface area contributed by atoms with Crippen molar-refractivity contribution in [3.63, 3.8) is 0 Å². The summed E-state index contributed by atoms with van der Waals surface area (Å²) >= 11 is 0. The Kier molecular flexibility index (Phi) is 13.0. The number of carbonyl (C=O) groups excluding carboxylic acids is 1. The van der Waals surface area contributed by atoms with E-state index in [1.54, 1.807) is 18.2 Å². The first-order valence-electron chi connectivity index (χ1n) is 13.0. The summed E-state index contributed by atoms with van der Waals surface area (Å²) in [6, 6.07) is 5.74. The van der Waals surface area contributed by atoms with Gasteiger partial charge in [0.15, 0.2) is 12.1 Å². The highest BCUT2D eigenvalue weighted by atomic mass is 16.5. The number of ether oxygens (including phenoxy) is 2. The molecule has 38 heavy (non-hydrogen) atoms. The van der Waals surface area contributed by atoms with Crippen LogP contribution in [0.1, 0.15) is 50.7 Å². The van der Waals surface area contributed by atoms with Gasteiger partial charge in [-0.05, 0) is 75.4 Å². The van der Waals surface area contributed by atoms with Crippen molar-refractivity contribution in [3.05, 3.63) is 126 Å². The van der Waals surface area contributed by atoms with E-state index in [2.05, 4.69) is 13.2 Å². The van der Waals surface area contributed by atoms with Crippen LogP contribution < -0.4 is 4.74 Å². The molecule has 1 aromatic carbocycles. The Morgan fingerprint density at radius 1 is 1.21 bits per heavy atom. The Hall–Kier alpha value is -3.67. The predicted octanol–water partition coefficient (Wildman–Crippen LogP) is 6.90. The smallest absolute Gasteiger partial charge is 0.195 e. The maximum Gasteiger partial charge on any atom is 0.195 e. The molecule has 0 aliphatic heterocycles. The average Bonchev–Trinajstić information content (AvgIpc) is 3.11. The lowest BCUT2D eigenvalue weighted by Gasteiger charge is -2.17. The molecule has 1 atom stereocenters. The molecule has 0 saturated carbocycles. The van der Waals surface area contributed by atoms with Crippen LogP contribution in [0.15, 0.2) is 115 Å². The van der Waals surface area contributed by atoms with Gasteiger partial charge >= 0.3 is 0 Å². The predicted molar refractivity (Wildman–Crippen MR) is 154 cm³/mol. The quantitative estimate of drug-likeness (QED) is 0.122. The van der Waals surface area contributed by atoms with E-state index in [1.165, 1.54) is 0 Å². The Morgan fingerprint density at radius 2 is 2.00 bits per heavy atom. The number of Topliss-reactive ketones (excluding diaryl/α,β-unsaturated/α-hetero) is 1. The zero-order valence-electron chi connectivity index (χ0n) is 22.7. The van der Waals surface area contributed by atoms with Crippen LogP contribution in [0.4, 0.5) is 0 Å². The molecule has 2 rings (SSSR count). The number of aliphatic hydroxyl groups excluding tert-OH is 1. The summed E-state index contributed by atoms with van der Waals surface area (Å²) in [6.07, 6.45) is 19.8. The minimum atomic E-state index is -1.32. The fraction of sp³-hybridized carbons (Fsp3) is 0.303. The SMILES string of the molecule is C=CC=CC(/C=C(\C)OC1=C(C(=O)C(=C)/C=C\C=C/C)C=CCCC1)Oc1ccc(CCC(O)O)c(C)c1. The molecule has 2 N–H and O–H groups in total. The number of hydrogen-bond donors (Lipinski definition) is 2. The molecule has 0 bridgehead atoms. The lowest BCUT2D eigenvalue weighted by atomic mass is 10.0. The van der Waals surface area contributed by atoms with Crippen LogP contribution in [0.5, 0.6) is 5.75 Å². The second-order valence-corrected chi connectivity index (χ2v) is 9.06. The molecule has 1 unspecified atom stereocenters. The van der Waals surface area contributed by atoms with E-state index < -0.39 is 12.4 Å². The van der Waals surface area contributed by atoms with Crippen molar-refractivity contribution < 1.29 is 24.5 Å². The molecule has 0 heterocycles. The molecular formula is C33H40O5. The van der Waals surface area contributed by atoms with Crippen molar-refractivity contribution in [1.82, 2.24) is 0 Å². The molecule has 0 fully saturated rings. The van der Waals surface area contributed by atoms with E-state index in [0.717, 1.165) is 24.0 Å². The van der Waals surface area contributed by atoms with Gasteiger partial charge < -0.3 is 19.7 Å². The highest BCUT2D eigenvalue weighted by Crippen LogP contribution is 2.26. The lowest BCUT2D eigenvalue weighted by molar-refractivity contribution is -0.111. The first-order chi connectivity index (χ1) is 18.2. The maximum atomic E-state index is 13.1. The van der Waals surface area contributed by atoms with Gasteiger partial charge in [0.05, 0.1) is 5.57 Å². The van der Waals surface area contributed by atoms with Crippen molar-refractivity contribution in [1.29, 1.82) is 0 Å². The molecule has 0 aromatic heterocycles. The molecule has 1 aliphatic carbocycles. The van der Waals surface area contributed by atoms with E-state index in [-0.39, 0.29) is 12.2 Å². The third kappa shape index (κ3) is 10.4. The minimum Gasteiger partial charge on any atom is -0.482 e. The van der Waals surface area contributed by atoms with E-state index in [9.17, 15) is 4.79 Å². The fourth-order valence-electron chi connectivity index (χ4n) is 3.89. The van der Waals surface area contributed by atoms with Crippen molar-refractivity contribution in [2.24, 2.45) is 0 Å². The first-order valence-corrected chi connectivity index (χ1v) is 13.0. The fourth-order valence-corrected chi connectivity index (χ4v) is 3.89. The Morgan fingerprint density at radius 3 is 2.68 bits per heavy atom. The summed E-state index contributed by atoms with van der Waals surface area (Å²) in [5, 5.41) is 18.3. The van der Waals surface area contributed by atoms with Crippen molar-refractivity contribution in [3.8, 4) is 5.75 Å². The standard InChI is InChI=1S/C33H40O5/c1-6-8-11-14-24(3)33(36)30-16-12-10-13-17-31(30)37-26(5)23-28(15-9-7-2)38-29-20-18-27(25(4)22-29)19-21-32(34)35/h6-9,11-12,14-16,18,20,22-23,28,32,34-35H,2-3,10,13,17,19,21H2,1,4-5H3/b8-6-,14-11-,15-9?,26-23+. The third-order valence-corrected chi connectivity index (χ3v) is 5.87. The summed E-state index contributed by atoms with van der Waals surface area (Å²) < 4.78 is 12.4. The number of benzene rings is 1. The van der Waals surface area contributed by atoms with E-state index in [1.807, 2.05) is 81.5 Å². The van der Waals surface area contributed by atoms with Crippen molar-refractivity contribution in [2.45, 2.75) is 65.3 Å². The Bertz CT molecular complexity index is 1160. The van der Waals surface area contributed by atoms with E-state index in [4.69, 9.17) is 19.7 Å². The van der Waals surface area contributed by atoms with Crippen molar-refractivity contribution in [2.75, 3.05) is 0 Å². The van der Waals surface area contributed by atoms with Crippen LogP contribution in [-0.2, 0) is 16.0 Å². The van der Waals surface area contributed by atoms with Crippen LogP contribution in [0.2, 0.25) is 0 Å². The number of rotatable bonds is 14. The molecule has 1 aromatic rings. The summed E-state index contributed by atoms with van der Waals surface area (Å²) in [7, 11) is 0. The number of allylic oxidation sites excluding steroid dienone is 12. The number of carbonyl (C=O) groups is 1. The minimum absolute atomic E-state index is 0.157. The van der Waals surface area contributed by atoms with Crippen LogP contribution in [0.3, 0.4) is 0 Å². The number of ketones is 1. The number of aliphatic hydroxyl groups is 2. The highest BCUT2D eigenvalue weighted by Gasteiger charge is 2.19. The molecule has 1 aliphatic rings. The molecule has 5 heteroatoms. The van der Waals surface area contributed by atoms with Gasteiger partial charge in [0.1, 0.15) is 23.4 Å². The average molecular weight is 517 g/mol. The summed E-state index contributed by atoms with van der Waals surface area (Å²) in [5.41, 5.74) is 2.96. The Balaban J connectivity index is 2.26. The summed E-state index contributed by atoms with van der Waals surface area (Å²) in [5.74, 6) is 1.75. The largest absolute Gasteiger partial charge is 0.482 e. The molecular weight excluding hydrogens is 476 g/mol. The van der Waals surface area contributed by atoms with E-state index >= 15 is 0 Å². The second kappa shape index (κ2) is 16.2. The molecule has 0 amide bonds. The lowest BCUT2D eigenvalue weighted by Crippen LogP contribution is -2.13. The Labute approximate surface area is 227 Å². The zero-order valence-corrected chi connectivity index (χ0v) is 22.7. The summed E-state index contributed by atoms with van der Waals surface area (Å²) in [4.78, 5) is 13.1. The van der Waals surface area contributed by atoms with Gasteiger partial charge in [-0.1, -0.05) is 67.8 Å². The van der Waals surface area contributed by atoms with Crippen LogP contribution in [0.25, 0.3) is 0 Å². The summed E-state index contributed by atoms with van der Waals surface area (Å²) in [6.45, 7) is 13.4. The van der Waals surface area contributed by atoms with Gasteiger partial charge in [-0.15, -0.1) is 0 Å². The molecule has 0 radical (unpaired) electrons. The van der Waals surface area contributed by atoms with Gasteiger partial charge in [-0.3, -0.25) is 4.79 Å². The third-order valence-electron chi connectivity index (χ3n) is 5.87. The number of hydrogen-bond acceptors (Lipinski definition) is 5. The van der Waals surface area contributed by atoms with Gasteiger partial charge in [-0.2, -0.15) is 0 Å². The van der Waals surface area contributed by atoms with Gasteiger partial charge in [0.25, 0.3) is 0 Å². The van der Waals surface area contributed by atoms with E-state index in [0.29, 0.717) is 41.3 Å². The van der Waals surface area contributed by atoms with Crippen LogP contribution in [0, 0.1) is 6.92 Å². The van der Waals surface area contributed by atoms with Gasteiger partial charge in [0.2, 0.25) is 0 Å². The molecule has 0 spiro atoms. The van der Waals surface area contributed by atoms with Crippen LogP contribution >= 0.6 is 0 Å². The monoisotopic (exact) mass is 516 g/mol. The maximum absolute atomic E-state index is 13.1. The molecule has 202 valence electrons. The first kappa shape index (κ1) is 30.6. The highest BCUT2D eigenvalue weighted by molar-refractivity contribution is 6.11. The number of aryl methyl sites for hydroxylation is 2. The molecule has 0 saturated heterocycles. The van der Waals surface area contributed by atoms with Crippen LogP contribution in [-0.4, -0.2) is 28.4 Å². The molecule has 5 nitrogen and oxygen atoms in total. The topological polar surface area (TPSA) is 76.0 Å². The normalized spacial score (nSPS) is 15.5.